The van der Waals surface area contributed by atoms with Crippen molar-refractivity contribution in [3.05, 3.63) is 0 Å². The Labute approximate surface area is 101 Å². The van der Waals surface area contributed by atoms with Crippen molar-refractivity contribution in [2.75, 3.05) is 13.2 Å². The third-order valence-electron chi connectivity index (χ3n) is 2.53. The molecule has 6 nitrogen and oxygen atoms in total. The van der Waals surface area contributed by atoms with E-state index in [0.717, 1.165) is 0 Å². The van der Waals surface area contributed by atoms with Crippen LogP contribution in [0, 0.1) is 5.41 Å². The van der Waals surface area contributed by atoms with Crippen LogP contribution in [0.1, 0.15) is 20.8 Å². The number of aliphatic hydroxyl groups is 4. The van der Waals surface area contributed by atoms with Gasteiger partial charge in [0.15, 0.2) is 6.29 Å². The van der Waals surface area contributed by atoms with Crippen LogP contribution in [0.3, 0.4) is 0 Å². The normalized spacial score (nSPS) is 39.4. The lowest BCUT2D eigenvalue weighted by Crippen LogP contribution is -2.59. The Morgan fingerprint density at radius 1 is 1.06 bits per heavy atom. The molecule has 1 fully saturated rings. The fraction of sp³-hybridized carbons (Fsp3) is 1.00. The van der Waals surface area contributed by atoms with Crippen LogP contribution < -0.4 is 0 Å². The zero-order valence-corrected chi connectivity index (χ0v) is 10.4. The number of aliphatic hydroxyl groups excluding tert-OH is 4. The highest BCUT2D eigenvalue weighted by molar-refractivity contribution is 4.89. The predicted molar refractivity (Wildman–Crippen MR) is 59.2 cm³/mol. The number of hydrogen-bond acceptors (Lipinski definition) is 6. The number of ether oxygens (including phenoxy) is 2. The zero-order chi connectivity index (χ0) is 13.2. The van der Waals surface area contributed by atoms with Crippen molar-refractivity contribution in [3.63, 3.8) is 0 Å². The largest absolute Gasteiger partial charge is 0.394 e. The predicted octanol–water partition coefficient (Wildman–Crippen LogP) is -1.15. The molecule has 1 rings (SSSR count). The van der Waals surface area contributed by atoms with Crippen molar-refractivity contribution in [2.45, 2.75) is 51.5 Å². The first-order valence-corrected chi connectivity index (χ1v) is 5.68. The van der Waals surface area contributed by atoms with E-state index < -0.39 is 37.3 Å². The maximum Gasteiger partial charge on any atom is 0.186 e. The van der Waals surface area contributed by atoms with Gasteiger partial charge in [-0.05, 0) is 5.41 Å². The van der Waals surface area contributed by atoms with Crippen molar-refractivity contribution < 1.29 is 29.9 Å². The monoisotopic (exact) mass is 250 g/mol. The van der Waals surface area contributed by atoms with Gasteiger partial charge in [-0.3, -0.25) is 0 Å². The maximum atomic E-state index is 9.68. The van der Waals surface area contributed by atoms with Crippen molar-refractivity contribution in [1.82, 2.24) is 0 Å². The molecule has 0 spiro atoms. The molecular formula is C11H22O6. The van der Waals surface area contributed by atoms with Gasteiger partial charge >= 0.3 is 0 Å². The highest BCUT2D eigenvalue weighted by Crippen LogP contribution is 2.24. The molecule has 0 aromatic heterocycles. The molecule has 6 heteroatoms. The molecule has 1 heterocycles. The molecule has 5 atom stereocenters. The van der Waals surface area contributed by atoms with Gasteiger partial charge in [0.2, 0.25) is 0 Å². The van der Waals surface area contributed by atoms with Crippen LogP contribution in [0.15, 0.2) is 0 Å². The average molecular weight is 250 g/mol. The molecule has 0 aromatic rings. The molecule has 4 N–H and O–H groups in total. The Bertz CT molecular complexity index is 237. The summed E-state index contributed by atoms with van der Waals surface area (Å²) in [5.41, 5.74) is -0.112. The van der Waals surface area contributed by atoms with Gasteiger partial charge in [0.05, 0.1) is 13.2 Å². The van der Waals surface area contributed by atoms with Gasteiger partial charge in [-0.25, -0.2) is 0 Å². The first-order valence-electron chi connectivity index (χ1n) is 5.68. The van der Waals surface area contributed by atoms with Gasteiger partial charge < -0.3 is 29.9 Å². The summed E-state index contributed by atoms with van der Waals surface area (Å²) in [4.78, 5) is 0. The smallest absolute Gasteiger partial charge is 0.186 e. The molecule has 0 aromatic carbocycles. The number of rotatable bonds is 3. The second-order valence-corrected chi connectivity index (χ2v) is 5.57. The Hall–Kier alpha value is -0.240. The van der Waals surface area contributed by atoms with E-state index in [4.69, 9.17) is 14.6 Å². The quantitative estimate of drug-likeness (QED) is 0.505. The van der Waals surface area contributed by atoms with E-state index in [-0.39, 0.29) is 5.41 Å². The minimum absolute atomic E-state index is 0.112. The summed E-state index contributed by atoms with van der Waals surface area (Å²) < 4.78 is 10.5. The van der Waals surface area contributed by atoms with E-state index in [1.165, 1.54) is 0 Å². The van der Waals surface area contributed by atoms with E-state index in [1.54, 1.807) is 0 Å². The Morgan fingerprint density at radius 2 is 1.65 bits per heavy atom. The van der Waals surface area contributed by atoms with E-state index in [0.29, 0.717) is 6.61 Å². The van der Waals surface area contributed by atoms with Crippen LogP contribution in [0.25, 0.3) is 0 Å². The van der Waals surface area contributed by atoms with Crippen LogP contribution in [0.4, 0.5) is 0 Å². The van der Waals surface area contributed by atoms with Crippen LogP contribution in [0.5, 0.6) is 0 Å². The summed E-state index contributed by atoms with van der Waals surface area (Å²) in [7, 11) is 0. The molecule has 0 saturated carbocycles. The van der Waals surface area contributed by atoms with Gasteiger partial charge in [-0.2, -0.15) is 0 Å². The van der Waals surface area contributed by atoms with Gasteiger partial charge in [0.25, 0.3) is 0 Å². The zero-order valence-electron chi connectivity index (χ0n) is 10.4. The third-order valence-corrected chi connectivity index (χ3v) is 2.53. The summed E-state index contributed by atoms with van der Waals surface area (Å²) >= 11 is 0. The fourth-order valence-corrected chi connectivity index (χ4v) is 1.54. The van der Waals surface area contributed by atoms with E-state index >= 15 is 0 Å². The molecule has 0 bridgehead atoms. The first-order chi connectivity index (χ1) is 7.76. The van der Waals surface area contributed by atoms with Crippen molar-refractivity contribution in [1.29, 1.82) is 0 Å². The van der Waals surface area contributed by atoms with Crippen LogP contribution in [-0.4, -0.2) is 64.3 Å². The van der Waals surface area contributed by atoms with Gasteiger partial charge in [-0.1, -0.05) is 20.8 Å². The molecule has 1 aliphatic rings. The Kier molecular flexibility index (Phi) is 4.88. The molecule has 1 saturated heterocycles. The maximum absolute atomic E-state index is 9.68. The molecular weight excluding hydrogens is 228 g/mol. The first kappa shape index (κ1) is 14.8. The third kappa shape index (κ3) is 3.87. The van der Waals surface area contributed by atoms with Crippen LogP contribution in [0.2, 0.25) is 0 Å². The minimum Gasteiger partial charge on any atom is -0.394 e. The van der Waals surface area contributed by atoms with Crippen molar-refractivity contribution in [2.24, 2.45) is 5.41 Å². The number of hydrogen-bond donors (Lipinski definition) is 4. The second kappa shape index (κ2) is 5.60. The van der Waals surface area contributed by atoms with Gasteiger partial charge in [0.1, 0.15) is 24.4 Å². The molecule has 17 heavy (non-hydrogen) atoms. The molecule has 1 aliphatic heterocycles. The summed E-state index contributed by atoms with van der Waals surface area (Å²) in [6.45, 7) is 5.75. The standard InChI is InChI=1S/C11H22O6/c1-11(2,3)5-16-10-9(15)8(14)7(13)6(4-12)17-10/h6-10,12-15H,4-5H2,1-3H3/t6?,7-,8+,9?,10-/m1/s1. The molecule has 0 aliphatic carbocycles. The van der Waals surface area contributed by atoms with Crippen LogP contribution in [-0.2, 0) is 9.47 Å². The minimum atomic E-state index is -1.38. The molecule has 0 radical (unpaired) electrons. The van der Waals surface area contributed by atoms with Crippen LogP contribution >= 0.6 is 0 Å². The molecule has 102 valence electrons. The SMILES string of the molecule is CC(C)(C)CO[C@@H]1OC(CO)[C@@H](O)[C@H](O)C1O. The van der Waals surface area contributed by atoms with E-state index in [1.807, 2.05) is 20.8 Å². The lowest BCUT2D eigenvalue weighted by molar-refractivity contribution is -0.305. The lowest BCUT2D eigenvalue weighted by Gasteiger charge is -2.40. The van der Waals surface area contributed by atoms with E-state index in [9.17, 15) is 15.3 Å². The second-order valence-electron chi connectivity index (χ2n) is 5.57. The van der Waals surface area contributed by atoms with Gasteiger partial charge in [0, 0.05) is 0 Å². The summed E-state index contributed by atoms with van der Waals surface area (Å²) in [6, 6.07) is 0. The highest BCUT2D eigenvalue weighted by atomic mass is 16.7. The topological polar surface area (TPSA) is 99.4 Å². The average Bonchev–Trinajstić information content (AvgIpc) is 2.24. The summed E-state index contributed by atoms with van der Waals surface area (Å²) in [6.07, 6.45) is -6.01. The van der Waals surface area contributed by atoms with Gasteiger partial charge in [-0.15, -0.1) is 0 Å². The summed E-state index contributed by atoms with van der Waals surface area (Å²) in [5.74, 6) is 0. The highest BCUT2D eigenvalue weighted by Gasteiger charge is 2.44. The molecule has 2 unspecified atom stereocenters. The lowest BCUT2D eigenvalue weighted by atomic mass is 9.97. The Balaban J connectivity index is 2.59. The van der Waals surface area contributed by atoms with Crippen molar-refractivity contribution in [3.8, 4) is 0 Å². The molecule has 0 amide bonds. The fourth-order valence-electron chi connectivity index (χ4n) is 1.54. The van der Waals surface area contributed by atoms with Crippen molar-refractivity contribution >= 4 is 0 Å². The van der Waals surface area contributed by atoms with E-state index in [2.05, 4.69) is 0 Å². The summed E-state index contributed by atoms with van der Waals surface area (Å²) in [5, 5.41) is 37.7. The Morgan fingerprint density at radius 3 is 2.12 bits per heavy atom.